The Morgan fingerprint density at radius 1 is 1.17 bits per heavy atom. The maximum absolute atomic E-state index is 13.0. The summed E-state index contributed by atoms with van der Waals surface area (Å²) >= 11 is 0. The highest BCUT2D eigenvalue weighted by atomic mass is 32.2. The summed E-state index contributed by atoms with van der Waals surface area (Å²) in [5.41, 5.74) is 0.656. The van der Waals surface area contributed by atoms with Gasteiger partial charge in [0.25, 0.3) is 5.91 Å². The summed E-state index contributed by atoms with van der Waals surface area (Å²) in [6.07, 6.45) is 2.11. The Hall–Kier alpha value is -1.93. The average molecular weight is 422 g/mol. The van der Waals surface area contributed by atoms with E-state index in [4.69, 9.17) is 0 Å². The molecule has 0 radical (unpaired) electrons. The monoisotopic (exact) mass is 421 g/mol. The van der Waals surface area contributed by atoms with Gasteiger partial charge in [-0.25, -0.2) is 8.42 Å². The van der Waals surface area contributed by atoms with Gasteiger partial charge in [-0.3, -0.25) is 14.5 Å². The van der Waals surface area contributed by atoms with Crippen LogP contribution in [0.15, 0.2) is 30.3 Å². The molecular formula is C21H31N3O4S. The number of hydrogen-bond acceptors (Lipinski definition) is 5. The average Bonchev–Trinajstić information content (AvgIpc) is 3.08. The molecule has 0 aliphatic carbocycles. The van der Waals surface area contributed by atoms with Gasteiger partial charge < -0.3 is 10.2 Å². The predicted octanol–water partition coefficient (Wildman–Crippen LogP) is 1.30. The van der Waals surface area contributed by atoms with Crippen LogP contribution >= 0.6 is 0 Å². The lowest BCUT2D eigenvalue weighted by Crippen LogP contribution is -2.54. The molecule has 2 saturated heterocycles. The molecule has 2 unspecified atom stereocenters. The van der Waals surface area contributed by atoms with E-state index in [9.17, 15) is 18.0 Å². The van der Waals surface area contributed by atoms with Crippen LogP contribution < -0.4 is 5.32 Å². The summed E-state index contributed by atoms with van der Waals surface area (Å²) in [6, 6.07) is 8.78. The minimum Gasteiger partial charge on any atom is -0.349 e. The third kappa shape index (κ3) is 5.36. The highest BCUT2D eigenvalue weighted by Gasteiger charge is 2.37. The van der Waals surface area contributed by atoms with Crippen LogP contribution in [0.25, 0.3) is 0 Å². The summed E-state index contributed by atoms with van der Waals surface area (Å²) in [7, 11) is -3.02. The highest BCUT2D eigenvalue weighted by Crippen LogP contribution is 2.21. The maximum Gasteiger partial charge on any atom is 0.251 e. The molecule has 1 aromatic rings. The van der Waals surface area contributed by atoms with Crippen molar-refractivity contribution in [2.24, 2.45) is 0 Å². The van der Waals surface area contributed by atoms with Gasteiger partial charge in [-0.15, -0.1) is 0 Å². The molecule has 8 heteroatoms. The van der Waals surface area contributed by atoms with Crippen molar-refractivity contribution in [1.29, 1.82) is 0 Å². The number of piperidine rings is 1. The zero-order valence-corrected chi connectivity index (χ0v) is 18.0. The van der Waals surface area contributed by atoms with Gasteiger partial charge >= 0.3 is 0 Å². The van der Waals surface area contributed by atoms with Crippen LogP contribution in [-0.4, -0.2) is 79.3 Å². The molecule has 0 saturated carbocycles. The van der Waals surface area contributed by atoms with Gasteiger partial charge in [-0.1, -0.05) is 18.2 Å². The Balaban J connectivity index is 1.52. The molecule has 0 bridgehead atoms. The minimum atomic E-state index is -3.02. The first-order valence-electron chi connectivity index (χ1n) is 10.4. The molecule has 2 atom stereocenters. The van der Waals surface area contributed by atoms with E-state index in [1.165, 1.54) is 0 Å². The van der Waals surface area contributed by atoms with Crippen LogP contribution in [0.5, 0.6) is 0 Å². The highest BCUT2D eigenvalue weighted by molar-refractivity contribution is 7.91. The van der Waals surface area contributed by atoms with Gasteiger partial charge in [0.2, 0.25) is 5.91 Å². The number of sulfone groups is 1. The van der Waals surface area contributed by atoms with Crippen molar-refractivity contribution in [3.63, 3.8) is 0 Å². The first kappa shape index (κ1) is 21.8. The molecule has 2 amide bonds. The summed E-state index contributed by atoms with van der Waals surface area (Å²) in [6.45, 7) is 5.78. The van der Waals surface area contributed by atoms with Crippen LogP contribution in [-0.2, 0) is 14.6 Å². The second-order valence-electron chi connectivity index (χ2n) is 8.01. The molecule has 2 fully saturated rings. The minimum absolute atomic E-state index is 0.00127. The van der Waals surface area contributed by atoms with Crippen LogP contribution in [0.1, 0.15) is 43.5 Å². The first-order chi connectivity index (χ1) is 13.8. The molecule has 7 nitrogen and oxygen atoms in total. The molecule has 1 N–H and O–H groups in total. The molecule has 29 heavy (non-hydrogen) atoms. The molecule has 2 aliphatic rings. The van der Waals surface area contributed by atoms with Crippen molar-refractivity contribution in [2.45, 2.75) is 51.2 Å². The Morgan fingerprint density at radius 3 is 2.38 bits per heavy atom. The van der Waals surface area contributed by atoms with Gasteiger partial charge in [-0.05, 0) is 45.2 Å². The van der Waals surface area contributed by atoms with E-state index < -0.39 is 9.84 Å². The first-order valence-corrected chi connectivity index (χ1v) is 12.2. The van der Waals surface area contributed by atoms with Crippen LogP contribution in [0.3, 0.4) is 0 Å². The largest absolute Gasteiger partial charge is 0.349 e. The van der Waals surface area contributed by atoms with Gasteiger partial charge in [0, 0.05) is 37.3 Å². The van der Waals surface area contributed by atoms with E-state index in [1.54, 1.807) is 17.0 Å². The Morgan fingerprint density at radius 2 is 1.83 bits per heavy atom. The number of amides is 2. The van der Waals surface area contributed by atoms with Gasteiger partial charge in [0.05, 0.1) is 17.5 Å². The number of rotatable bonds is 6. The molecule has 1 aromatic carbocycles. The summed E-state index contributed by atoms with van der Waals surface area (Å²) in [5, 5.41) is 3.08. The third-order valence-electron chi connectivity index (χ3n) is 6.08. The second kappa shape index (κ2) is 9.26. The van der Waals surface area contributed by atoms with E-state index in [1.807, 2.05) is 32.0 Å². The molecule has 2 heterocycles. The topological polar surface area (TPSA) is 86.8 Å². The number of carbonyl (C=O) groups excluding carboxylic acids is 2. The molecule has 0 aromatic heterocycles. The van der Waals surface area contributed by atoms with Crippen molar-refractivity contribution < 1.29 is 18.0 Å². The van der Waals surface area contributed by atoms with Gasteiger partial charge in [-0.2, -0.15) is 0 Å². The molecule has 0 spiro atoms. The number of nitrogens with zero attached hydrogens (tertiary/aromatic N) is 2. The fourth-order valence-corrected chi connectivity index (χ4v) is 6.03. The normalized spacial score (nSPS) is 23.4. The number of likely N-dealkylation sites (tertiary alicyclic amines) is 1. The number of carbonyl (C=O) groups is 2. The maximum atomic E-state index is 13.0. The number of likely N-dealkylation sites (N-methyl/N-ethyl adjacent to an activating group) is 1. The second-order valence-corrected chi connectivity index (χ2v) is 10.2. The number of benzene rings is 1. The summed E-state index contributed by atoms with van der Waals surface area (Å²) in [5.74, 6) is 0.184. The Labute approximate surface area is 173 Å². The number of nitrogens with one attached hydrogen (secondary N) is 1. The predicted molar refractivity (Wildman–Crippen MR) is 112 cm³/mol. The standard InChI is InChI=1S/C21H31N3O4S/c1-3-24(19-11-14-29(27,28)15-19)21(26)16(2)23-12-9-18(10-13-23)22-20(25)17-7-5-4-6-8-17/h4-8,16,18-19H,3,9-15H2,1-2H3,(H,22,25). The van der Waals surface area contributed by atoms with Crippen molar-refractivity contribution >= 4 is 21.7 Å². The third-order valence-corrected chi connectivity index (χ3v) is 7.83. The molecule has 160 valence electrons. The number of hydrogen-bond donors (Lipinski definition) is 1. The zero-order chi connectivity index (χ0) is 21.0. The van der Waals surface area contributed by atoms with Crippen molar-refractivity contribution in [3.05, 3.63) is 35.9 Å². The van der Waals surface area contributed by atoms with E-state index in [-0.39, 0.29) is 41.4 Å². The van der Waals surface area contributed by atoms with E-state index in [0.29, 0.717) is 18.5 Å². The molecule has 3 rings (SSSR count). The Kier molecular flexibility index (Phi) is 6.95. The summed E-state index contributed by atoms with van der Waals surface area (Å²) < 4.78 is 23.6. The van der Waals surface area contributed by atoms with Crippen LogP contribution in [0, 0.1) is 0 Å². The van der Waals surface area contributed by atoms with Crippen LogP contribution in [0.4, 0.5) is 0 Å². The zero-order valence-electron chi connectivity index (χ0n) is 17.2. The van der Waals surface area contributed by atoms with Gasteiger partial charge in [0.15, 0.2) is 9.84 Å². The van der Waals surface area contributed by atoms with E-state index in [2.05, 4.69) is 10.2 Å². The van der Waals surface area contributed by atoms with Crippen molar-refractivity contribution in [1.82, 2.24) is 15.1 Å². The smallest absolute Gasteiger partial charge is 0.251 e. The lowest BCUT2D eigenvalue weighted by Gasteiger charge is -2.38. The lowest BCUT2D eigenvalue weighted by atomic mass is 10.0. The fraction of sp³-hybridized carbons (Fsp3) is 0.619. The molecule has 2 aliphatic heterocycles. The lowest BCUT2D eigenvalue weighted by molar-refractivity contribution is -0.138. The quantitative estimate of drug-likeness (QED) is 0.748. The van der Waals surface area contributed by atoms with Crippen LogP contribution in [0.2, 0.25) is 0 Å². The molecular weight excluding hydrogens is 390 g/mol. The Bertz CT molecular complexity index is 820. The van der Waals surface area contributed by atoms with E-state index >= 15 is 0 Å². The van der Waals surface area contributed by atoms with Crippen molar-refractivity contribution in [3.8, 4) is 0 Å². The SMILES string of the molecule is CCN(C(=O)C(C)N1CCC(NC(=O)c2ccccc2)CC1)C1CCS(=O)(=O)C1. The van der Waals surface area contributed by atoms with Gasteiger partial charge in [0.1, 0.15) is 0 Å². The fourth-order valence-electron chi connectivity index (χ4n) is 4.30. The summed E-state index contributed by atoms with van der Waals surface area (Å²) in [4.78, 5) is 29.2. The van der Waals surface area contributed by atoms with Crippen molar-refractivity contribution in [2.75, 3.05) is 31.1 Å². The van der Waals surface area contributed by atoms with E-state index in [0.717, 1.165) is 25.9 Å².